The van der Waals surface area contributed by atoms with Gasteiger partial charge in [-0.2, -0.15) is 0 Å². The van der Waals surface area contributed by atoms with E-state index in [9.17, 15) is 5.11 Å². The molecule has 0 aliphatic carbocycles. The van der Waals surface area contributed by atoms with Crippen LogP contribution in [0.25, 0.3) is 0 Å². The molecule has 0 aliphatic heterocycles. The molecule has 0 fully saturated rings. The molecule has 0 atom stereocenters. The Morgan fingerprint density at radius 3 is 2.48 bits per heavy atom. The van der Waals surface area contributed by atoms with Gasteiger partial charge in [-0.15, -0.1) is 0 Å². The van der Waals surface area contributed by atoms with E-state index >= 15 is 0 Å². The summed E-state index contributed by atoms with van der Waals surface area (Å²) in [6, 6.07) is 13.0. The zero-order valence-electron chi connectivity index (χ0n) is 12.5. The third-order valence-corrected chi connectivity index (χ3v) is 3.42. The van der Waals surface area contributed by atoms with Gasteiger partial charge >= 0.3 is 0 Å². The molecule has 0 unspecified atom stereocenters. The molecule has 110 valence electrons. The van der Waals surface area contributed by atoms with Gasteiger partial charge in [0.1, 0.15) is 5.75 Å². The number of nitrogen functional groups attached to an aromatic ring is 1. The van der Waals surface area contributed by atoms with Crippen molar-refractivity contribution in [1.29, 1.82) is 0 Å². The van der Waals surface area contributed by atoms with Crippen molar-refractivity contribution in [3.63, 3.8) is 0 Å². The van der Waals surface area contributed by atoms with Crippen LogP contribution in [0.3, 0.4) is 0 Å². The van der Waals surface area contributed by atoms with Gasteiger partial charge in [-0.3, -0.25) is 4.99 Å². The van der Waals surface area contributed by atoms with Crippen LogP contribution >= 0.6 is 0 Å². The fourth-order valence-electron chi connectivity index (χ4n) is 2.17. The van der Waals surface area contributed by atoms with E-state index < -0.39 is 0 Å². The second-order valence-corrected chi connectivity index (χ2v) is 4.73. The van der Waals surface area contributed by atoms with E-state index in [4.69, 9.17) is 5.73 Å². The van der Waals surface area contributed by atoms with Gasteiger partial charge in [0.15, 0.2) is 0 Å². The Morgan fingerprint density at radius 2 is 1.86 bits per heavy atom. The van der Waals surface area contributed by atoms with Gasteiger partial charge < -0.3 is 15.7 Å². The monoisotopic (exact) mass is 283 g/mol. The highest BCUT2D eigenvalue weighted by Crippen LogP contribution is 2.25. The molecular weight excluding hydrogens is 262 g/mol. The van der Waals surface area contributed by atoms with Crippen molar-refractivity contribution < 1.29 is 5.11 Å². The highest BCUT2D eigenvalue weighted by atomic mass is 16.3. The lowest BCUT2D eigenvalue weighted by Gasteiger charge is -2.21. The lowest BCUT2D eigenvalue weighted by atomic mass is 10.1. The molecule has 0 saturated heterocycles. The number of hydrogen-bond acceptors (Lipinski definition) is 4. The molecule has 2 rings (SSSR count). The van der Waals surface area contributed by atoms with E-state index in [0.717, 1.165) is 18.8 Å². The minimum Gasteiger partial charge on any atom is -0.507 e. The fourth-order valence-corrected chi connectivity index (χ4v) is 2.17. The van der Waals surface area contributed by atoms with Crippen molar-refractivity contribution in [2.75, 3.05) is 23.7 Å². The summed E-state index contributed by atoms with van der Waals surface area (Å²) in [6.07, 6.45) is 1.63. The third-order valence-electron chi connectivity index (χ3n) is 3.42. The van der Waals surface area contributed by atoms with Crippen LogP contribution in [0.15, 0.2) is 47.5 Å². The summed E-state index contributed by atoms with van der Waals surface area (Å²) >= 11 is 0. The SMILES string of the molecule is CCN(CC)c1ccc(/C=N/c2ccccc2N)c(O)c1. The maximum absolute atomic E-state index is 10.1. The molecule has 0 bridgehead atoms. The van der Waals surface area contributed by atoms with Gasteiger partial charge in [0, 0.05) is 36.6 Å². The number of aromatic hydroxyl groups is 1. The normalized spacial score (nSPS) is 11.0. The molecular formula is C17H21N3O. The van der Waals surface area contributed by atoms with E-state index in [1.54, 1.807) is 18.3 Å². The topological polar surface area (TPSA) is 61.8 Å². The first-order valence-corrected chi connectivity index (χ1v) is 7.12. The van der Waals surface area contributed by atoms with Crippen LogP contribution in [0.5, 0.6) is 5.75 Å². The van der Waals surface area contributed by atoms with Crippen molar-refractivity contribution >= 4 is 23.3 Å². The Hall–Kier alpha value is -2.49. The molecule has 2 aromatic carbocycles. The number of benzene rings is 2. The summed E-state index contributed by atoms with van der Waals surface area (Å²) in [4.78, 5) is 6.50. The average molecular weight is 283 g/mol. The number of nitrogens with zero attached hydrogens (tertiary/aromatic N) is 2. The molecule has 0 aromatic heterocycles. The van der Waals surface area contributed by atoms with E-state index in [2.05, 4.69) is 23.7 Å². The Kier molecular flexibility index (Phi) is 4.82. The Bertz CT molecular complexity index is 634. The van der Waals surface area contributed by atoms with Gasteiger partial charge in [-0.25, -0.2) is 0 Å². The van der Waals surface area contributed by atoms with Crippen LogP contribution in [0.4, 0.5) is 17.1 Å². The summed E-state index contributed by atoms with van der Waals surface area (Å²) < 4.78 is 0. The number of hydrogen-bond donors (Lipinski definition) is 2. The largest absolute Gasteiger partial charge is 0.507 e. The van der Waals surface area contributed by atoms with E-state index in [-0.39, 0.29) is 5.75 Å². The predicted molar refractivity (Wildman–Crippen MR) is 89.8 cm³/mol. The first-order chi connectivity index (χ1) is 10.2. The Balaban J connectivity index is 2.24. The molecule has 4 nitrogen and oxygen atoms in total. The van der Waals surface area contributed by atoms with Gasteiger partial charge in [0.2, 0.25) is 0 Å². The Labute approximate surface area is 125 Å². The van der Waals surface area contributed by atoms with Gasteiger partial charge in [0.25, 0.3) is 0 Å². The molecule has 2 aromatic rings. The standard InChI is InChI=1S/C17H21N3O/c1-3-20(4-2)14-10-9-13(17(21)11-14)12-19-16-8-6-5-7-15(16)18/h5-12,21H,3-4,18H2,1-2H3/b19-12+. The average Bonchev–Trinajstić information content (AvgIpc) is 2.49. The number of nitrogens with two attached hydrogens (primary N) is 1. The van der Waals surface area contributed by atoms with Crippen molar-refractivity contribution in [1.82, 2.24) is 0 Å². The van der Waals surface area contributed by atoms with Crippen molar-refractivity contribution in [2.24, 2.45) is 4.99 Å². The Morgan fingerprint density at radius 1 is 1.14 bits per heavy atom. The quantitative estimate of drug-likeness (QED) is 0.651. The number of phenols is 1. The molecule has 0 aliphatic rings. The van der Waals surface area contributed by atoms with Crippen LogP contribution in [0.2, 0.25) is 0 Å². The number of anilines is 2. The molecule has 0 spiro atoms. The molecule has 3 N–H and O–H groups in total. The lowest BCUT2D eigenvalue weighted by molar-refractivity contribution is 0.474. The number of phenolic OH excluding ortho intramolecular Hbond substituents is 1. The number of rotatable bonds is 5. The number of aliphatic imine (C=N–C) groups is 1. The summed E-state index contributed by atoms with van der Waals surface area (Å²) in [5, 5.41) is 10.1. The second kappa shape index (κ2) is 6.79. The van der Waals surface area contributed by atoms with Crippen LogP contribution in [-0.2, 0) is 0 Å². The maximum atomic E-state index is 10.1. The third kappa shape index (κ3) is 3.54. The first kappa shape index (κ1) is 14.9. The molecule has 0 amide bonds. The molecule has 4 heteroatoms. The summed E-state index contributed by atoms with van der Waals surface area (Å²) in [6.45, 7) is 6.00. The minimum atomic E-state index is 0.220. The first-order valence-electron chi connectivity index (χ1n) is 7.12. The maximum Gasteiger partial charge on any atom is 0.126 e. The zero-order chi connectivity index (χ0) is 15.2. The second-order valence-electron chi connectivity index (χ2n) is 4.73. The van der Waals surface area contributed by atoms with Crippen molar-refractivity contribution in [3.8, 4) is 5.75 Å². The predicted octanol–water partition coefficient (Wildman–Crippen LogP) is 3.57. The van der Waals surface area contributed by atoms with Crippen LogP contribution in [-0.4, -0.2) is 24.4 Å². The summed E-state index contributed by atoms with van der Waals surface area (Å²) in [5.74, 6) is 0.220. The van der Waals surface area contributed by atoms with E-state index in [1.165, 1.54) is 0 Å². The summed E-state index contributed by atoms with van der Waals surface area (Å²) in [5.41, 5.74) is 8.84. The fraction of sp³-hybridized carbons (Fsp3) is 0.235. The van der Waals surface area contributed by atoms with Crippen molar-refractivity contribution in [2.45, 2.75) is 13.8 Å². The van der Waals surface area contributed by atoms with Crippen LogP contribution in [0.1, 0.15) is 19.4 Å². The van der Waals surface area contributed by atoms with Crippen molar-refractivity contribution in [3.05, 3.63) is 48.0 Å². The highest BCUT2D eigenvalue weighted by molar-refractivity contribution is 5.87. The van der Waals surface area contributed by atoms with Gasteiger partial charge in [-0.1, -0.05) is 12.1 Å². The molecule has 0 heterocycles. The zero-order valence-corrected chi connectivity index (χ0v) is 12.5. The minimum absolute atomic E-state index is 0.220. The van der Waals surface area contributed by atoms with Crippen LogP contribution < -0.4 is 10.6 Å². The molecule has 0 radical (unpaired) electrons. The van der Waals surface area contributed by atoms with E-state index in [0.29, 0.717) is 16.9 Å². The number of para-hydroxylation sites is 2. The smallest absolute Gasteiger partial charge is 0.126 e. The molecule has 21 heavy (non-hydrogen) atoms. The molecule has 0 saturated carbocycles. The van der Waals surface area contributed by atoms with Gasteiger partial charge in [0.05, 0.1) is 11.4 Å². The van der Waals surface area contributed by atoms with Crippen LogP contribution in [0, 0.1) is 0 Å². The highest BCUT2D eigenvalue weighted by Gasteiger charge is 2.05. The summed E-state index contributed by atoms with van der Waals surface area (Å²) in [7, 11) is 0. The van der Waals surface area contributed by atoms with Gasteiger partial charge in [-0.05, 0) is 38.1 Å². The van der Waals surface area contributed by atoms with E-state index in [1.807, 2.05) is 30.3 Å². The lowest BCUT2D eigenvalue weighted by Crippen LogP contribution is -2.21.